The highest BCUT2D eigenvalue weighted by molar-refractivity contribution is 6.32. The molecule has 0 aliphatic carbocycles. The van der Waals surface area contributed by atoms with E-state index in [4.69, 9.17) is 34.1 Å². The van der Waals surface area contributed by atoms with Crippen molar-refractivity contribution in [3.63, 3.8) is 0 Å². The number of nitrogens with zero attached hydrogens (tertiary/aromatic N) is 5. The number of rotatable bonds is 8. The third-order valence-electron chi connectivity index (χ3n) is 10.2. The minimum Gasteiger partial charge on any atom is -0.481 e. The van der Waals surface area contributed by atoms with Gasteiger partial charge in [-0.3, -0.25) is 4.99 Å². The van der Waals surface area contributed by atoms with Gasteiger partial charge in [-0.25, -0.2) is 19.9 Å². The Kier molecular flexibility index (Phi) is 8.11. The molecule has 0 amide bonds. The summed E-state index contributed by atoms with van der Waals surface area (Å²) in [5.41, 5.74) is 9.53. The summed E-state index contributed by atoms with van der Waals surface area (Å²) < 4.78 is 13.1. The number of aliphatic imine (C=N–C) groups is 2. The summed E-state index contributed by atoms with van der Waals surface area (Å²) in [5, 5.41) is 0.861. The van der Waals surface area contributed by atoms with Gasteiger partial charge >= 0.3 is 0 Å². The lowest BCUT2D eigenvalue weighted by Gasteiger charge is -2.25. The predicted octanol–water partition coefficient (Wildman–Crippen LogP) is 11.3. The number of amidine groups is 1. The molecule has 2 atom stereocenters. The van der Waals surface area contributed by atoms with Gasteiger partial charge < -0.3 is 9.15 Å². The minimum atomic E-state index is -0.449. The Labute approximate surface area is 323 Å². The Morgan fingerprint density at radius 2 is 1.16 bits per heavy atom. The third kappa shape index (κ3) is 5.83. The smallest absolute Gasteiger partial charge is 0.168 e. The fourth-order valence-electron chi connectivity index (χ4n) is 7.50. The van der Waals surface area contributed by atoms with Gasteiger partial charge in [0.25, 0.3) is 0 Å². The molecule has 2 aromatic heterocycles. The van der Waals surface area contributed by atoms with E-state index >= 15 is 0 Å². The van der Waals surface area contributed by atoms with Gasteiger partial charge in [0, 0.05) is 44.3 Å². The van der Waals surface area contributed by atoms with Crippen LogP contribution in [0, 0.1) is 0 Å². The lowest BCUT2D eigenvalue weighted by atomic mass is 9.90. The molecule has 10 rings (SSSR count). The van der Waals surface area contributed by atoms with Crippen molar-refractivity contribution in [2.75, 3.05) is 0 Å². The monoisotopic (exact) mass is 723 g/mol. The second-order valence-electron chi connectivity index (χ2n) is 13.7. The first-order chi connectivity index (χ1) is 27.6. The molecule has 0 saturated heterocycles. The van der Waals surface area contributed by atoms with E-state index in [2.05, 4.69) is 43.5 Å². The molecule has 2 unspecified atom stereocenters. The molecule has 7 nitrogen and oxygen atoms in total. The van der Waals surface area contributed by atoms with Crippen molar-refractivity contribution < 1.29 is 9.15 Å². The van der Waals surface area contributed by atoms with Crippen molar-refractivity contribution in [3.05, 3.63) is 193 Å². The zero-order chi connectivity index (χ0) is 37.6. The molecule has 266 valence electrons. The number of hydrogen-bond donors (Lipinski definition) is 0. The van der Waals surface area contributed by atoms with Crippen LogP contribution in [0.2, 0.25) is 0 Å². The Hall–Kier alpha value is -7.51. The number of aromatic nitrogens is 3. The van der Waals surface area contributed by atoms with Crippen molar-refractivity contribution in [2.45, 2.75) is 12.1 Å². The Morgan fingerprint density at radius 1 is 0.571 bits per heavy atom. The lowest BCUT2D eigenvalue weighted by Crippen LogP contribution is -2.33. The van der Waals surface area contributed by atoms with Gasteiger partial charge in [0.05, 0.1) is 5.71 Å². The molecule has 8 aromatic rings. The van der Waals surface area contributed by atoms with E-state index in [0.29, 0.717) is 45.9 Å². The van der Waals surface area contributed by atoms with Crippen molar-refractivity contribution in [1.29, 1.82) is 0 Å². The fraction of sp³-hybridized carbons (Fsp3) is 0.0408. The number of furan rings is 1. The second-order valence-corrected chi connectivity index (χ2v) is 13.7. The predicted molar refractivity (Wildman–Crippen MR) is 224 cm³/mol. The maximum atomic E-state index is 6.54. The minimum absolute atomic E-state index is 0.271. The van der Waals surface area contributed by atoms with E-state index in [0.717, 1.165) is 55.6 Å². The average molecular weight is 724 g/mol. The first-order valence-corrected chi connectivity index (χ1v) is 18.4. The molecule has 0 bridgehead atoms. The standard InChI is InChI=1S/C49H33N5O2/c1-3-39-42(30(2)43-45-44(38-24-13-14-25-40(38)56-45)51-46(50-43)32-18-9-5-10-19-32)37-27-26-36(29-41(37)55-39)49-53-47(33-20-11-6-12-21-33)52-48(54-49)35-23-15-22-34(28-35)31-16-7-4-8-17-31/h3-29,44-45H,1-2H2. The zero-order valence-electron chi connectivity index (χ0n) is 30.2. The SMILES string of the molecule is C=Cc1oc2cc(-c3nc(-c4ccccc4)nc(-c4cccc(-c5ccccc5)c4)n3)ccc2c1C(=C)C1=NC(c2ccccc2)=NC2c3ccccc3OC12. The number of hydrogen-bond acceptors (Lipinski definition) is 7. The van der Waals surface area contributed by atoms with Crippen molar-refractivity contribution in [3.8, 4) is 51.0 Å². The molecule has 6 aromatic carbocycles. The van der Waals surface area contributed by atoms with Crippen LogP contribution < -0.4 is 4.74 Å². The highest BCUT2D eigenvalue weighted by Gasteiger charge is 2.42. The summed E-state index contributed by atoms with van der Waals surface area (Å²) in [6.07, 6.45) is 1.26. The zero-order valence-corrected chi connectivity index (χ0v) is 30.2. The van der Waals surface area contributed by atoms with Gasteiger partial charge in [0.1, 0.15) is 23.1 Å². The van der Waals surface area contributed by atoms with E-state index in [1.165, 1.54) is 0 Å². The van der Waals surface area contributed by atoms with Crippen LogP contribution in [-0.2, 0) is 0 Å². The first kappa shape index (κ1) is 33.1. The maximum absolute atomic E-state index is 6.54. The van der Waals surface area contributed by atoms with Crippen LogP contribution >= 0.6 is 0 Å². The van der Waals surface area contributed by atoms with Gasteiger partial charge in [0.15, 0.2) is 29.4 Å². The third-order valence-corrected chi connectivity index (χ3v) is 10.2. The maximum Gasteiger partial charge on any atom is 0.168 e. The van der Waals surface area contributed by atoms with E-state index in [9.17, 15) is 0 Å². The lowest BCUT2D eigenvalue weighted by molar-refractivity contribution is 0.276. The summed E-state index contributed by atoms with van der Waals surface area (Å²) in [6, 6.07) is 52.3. The Morgan fingerprint density at radius 3 is 1.88 bits per heavy atom. The van der Waals surface area contributed by atoms with Crippen LogP contribution in [0.3, 0.4) is 0 Å². The second kappa shape index (κ2) is 13.7. The fourth-order valence-corrected chi connectivity index (χ4v) is 7.50. The van der Waals surface area contributed by atoms with Gasteiger partial charge in [0.2, 0.25) is 0 Å². The van der Waals surface area contributed by atoms with Crippen LogP contribution in [0.25, 0.3) is 67.9 Å². The number of para-hydroxylation sites is 1. The highest BCUT2D eigenvalue weighted by Crippen LogP contribution is 2.45. The molecule has 7 heteroatoms. The molecular weight excluding hydrogens is 691 g/mol. The van der Waals surface area contributed by atoms with E-state index < -0.39 is 6.10 Å². The molecule has 2 aliphatic rings. The Balaban J connectivity index is 1.07. The summed E-state index contributed by atoms with van der Waals surface area (Å²) in [4.78, 5) is 25.2. The largest absolute Gasteiger partial charge is 0.481 e. The molecule has 0 radical (unpaired) electrons. The van der Waals surface area contributed by atoms with Crippen LogP contribution in [-0.4, -0.2) is 32.6 Å². The molecule has 0 spiro atoms. The summed E-state index contributed by atoms with van der Waals surface area (Å²) >= 11 is 0. The number of fused-ring (bicyclic) bond motifs is 4. The molecule has 4 heterocycles. The van der Waals surface area contributed by atoms with Crippen LogP contribution in [0.1, 0.15) is 28.5 Å². The van der Waals surface area contributed by atoms with Crippen molar-refractivity contribution in [2.24, 2.45) is 9.98 Å². The van der Waals surface area contributed by atoms with Crippen LogP contribution in [0.15, 0.2) is 185 Å². The molecule has 0 N–H and O–H groups in total. The Bertz CT molecular complexity index is 2880. The first-order valence-electron chi connectivity index (χ1n) is 18.4. The molecule has 2 aliphatic heterocycles. The van der Waals surface area contributed by atoms with Gasteiger partial charge in [-0.15, -0.1) is 0 Å². The van der Waals surface area contributed by atoms with E-state index in [1.54, 1.807) is 6.08 Å². The summed E-state index contributed by atoms with van der Waals surface area (Å²) in [7, 11) is 0. The molecule has 0 fully saturated rings. The van der Waals surface area contributed by atoms with E-state index in [-0.39, 0.29) is 6.04 Å². The highest BCUT2D eigenvalue weighted by atomic mass is 16.5. The average Bonchev–Trinajstić information content (AvgIpc) is 3.85. The molecule has 56 heavy (non-hydrogen) atoms. The van der Waals surface area contributed by atoms with Crippen molar-refractivity contribution in [1.82, 2.24) is 15.0 Å². The van der Waals surface area contributed by atoms with Gasteiger partial charge in [-0.1, -0.05) is 147 Å². The van der Waals surface area contributed by atoms with Gasteiger partial charge in [-0.05, 0) is 41.5 Å². The molecular formula is C49H33N5O2. The van der Waals surface area contributed by atoms with Gasteiger partial charge in [-0.2, -0.15) is 0 Å². The van der Waals surface area contributed by atoms with Crippen LogP contribution in [0.4, 0.5) is 0 Å². The summed E-state index contributed by atoms with van der Waals surface area (Å²) in [6.45, 7) is 8.74. The normalized spacial score (nSPS) is 15.6. The topological polar surface area (TPSA) is 85.8 Å². The van der Waals surface area contributed by atoms with E-state index in [1.807, 2.05) is 127 Å². The van der Waals surface area contributed by atoms with Crippen molar-refractivity contribution >= 4 is 34.2 Å². The van der Waals surface area contributed by atoms with Crippen LogP contribution in [0.5, 0.6) is 5.75 Å². The number of benzene rings is 6. The number of ether oxygens (including phenoxy) is 1. The summed E-state index contributed by atoms with van der Waals surface area (Å²) in [5.74, 6) is 3.69. The molecule has 0 saturated carbocycles. The quantitative estimate of drug-likeness (QED) is 0.156.